The van der Waals surface area contributed by atoms with Crippen molar-refractivity contribution in [1.82, 2.24) is 0 Å². The van der Waals surface area contributed by atoms with Gasteiger partial charge in [-0.2, -0.15) is 5.26 Å². The molecule has 0 radical (unpaired) electrons. The number of nitriles is 1. The molecular formula is C20H20N2O. The highest BCUT2D eigenvalue weighted by molar-refractivity contribution is 6.14. The molecule has 0 aliphatic carbocycles. The monoisotopic (exact) mass is 304 g/mol. The van der Waals surface area contributed by atoms with E-state index in [4.69, 9.17) is 0 Å². The molecule has 2 rings (SSSR count). The first-order chi connectivity index (χ1) is 11.2. The summed E-state index contributed by atoms with van der Waals surface area (Å²) in [5.74, 6) is -0.249. The van der Waals surface area contributed by atoms with Gasteiger partial charge in [-0.05, 0) is 37.6 Å². The molecule has 0 heterocycles. The van der Waals surface area contributed by atoms with Gasteiger partial charge >= 0.3 is 0 Å². The Hall–Kier alpha value is -2.86. The summed E-state index contributed by atoms with van der Waals surface area (Å²) in [5.41, 5.74) is 2.66. The van der Waals surface area contributed by atoms with Crippen LogP contribution in [0.1, 0.15) is 29.8 Å². The van der Waals surface area contributed by atoms with Crippen LogP contribution in [0.25, 0.3) is 6.08 Å². The summed E-state index contributed by atoms with van der Waals surface area (Å²) >= 11 is 0. The van der Waals surface area contributed by atoms with Gasteiger partial charge in [0.2, 0.25) is 5.78 Å². The molecule has 0 aromatic heterocycles. The smallest absolute Gasteiger partial charge is 0.203 e. The van der Waals surface area contributed by atoms with Gasteiger partial charge in [-0.1, -0.05) is 42.5 Å². The van der Waals surface area contributed by atoms with Crippen LogP contribution in [-0.4, -0.2) is 18.9 Å². The van der Waals surface area contributed by atoms with E-state index < -0.39 is 0 Å². The van der Waals surface area contributed by atoms with E-state index >= 15 is 0 Å². The number of nitrogens with zero attached hydrogens (tertiary/aromatic N) is 2. The van der Waals surface area contributed by atoms with E-state index in [-0.39, 0.29) is 11.4 Å². The van der Waals surface area contributed by atoms with Crippen LogP contribution in [0.3, 0.4) is 0 Å². The minimum atomic E-state index is -0.249. The van der Waals surface area contributed by atoms with E-state index in [0.717, 1.165) is 24.3 Å². The zero-order valence-corrected chi connectivity index (χ0v) is 13.5. The van der Waals surface area contributed by atoms with Gasteiger partial charge in [0.15, 0.2) is 0 Å². The lowest BCUT2D eigenvalue weighted by Crippen LogP contribution is -2.21. The number of anilines is 1. The molecule has 0 bridgehead atoms. The number of hydrogen-bond donors (Lipinski definition) is 0. The predicted molar refractivity (Wildman–Crippen MR) is 94.4 cm³/mol. The molecule has 23 heavy (non-hydrogen) atoms. The minimum Gasteiger partial charge on any atom is -0.372 e. The van der Waals surface area contributed by atoms with Gasteiger partial charge in [0.25, 0.3) is 0 Å². The number of carbonyl (C=O) groups excluding carboxylic acids is 1. The van der Waals surface area contributed by atoms with Crippen molar-refractivity contribution in [3.05, 3.63) is 71.3 Å². The Balaban J connectivity index is 2.25. The lowest BCUT2D eigenvalue weighted by molar-refractivity contribution is 0.104. The van der Waals surface area contributed by atoms with Gasteiger partial charge in [-0.3, -0.25) is 4.79 Å². The molecule has 0 aliphatic rings. The van der Waals surface area contributed by atoms with Gasteiger partial charge in [0, 0.05) is 24.3 Å². The van der Waals surface area contributed by atoms with Crippen molar-refractivity contribution in [2.45, 2.75) is 13.8 Å². The van der Waals surface area contributed by atoms with E-state index in [1.54, 1.807) is 30.3 Å². The molecular weight excluding hydrogens is 284 g/mol. The second-order valence-electron chi connectivity index (χ2n) is 5.13. The fraction of sp³-hybridized carbons (Fsp3) is 0.200. The molecule has 0 saturated heterocycles. The highest BCUT2D eigenvalue weighted by atomic mass is 16.1. The zero-order chi connectivity index (χ0) is 16.7. The number of benzene rings is 2. The number of ketones is 1. The lowest BCUT2D eigenvalue weighted by atomic mass is 10.0. The van der Waals surface area contributed by atoms with E-state index in [2.05, 4.69) is 18.7 Å². The van der Waals surface area contributed by atoms with Crippen LogP contribution in [0, 0.1) is 11.3 Å². The number of hydrogen-bond acceptors (Lipinski definition) is 3. The van der Waals surface area contributed by atoms with Crippen molar-refractivity contribution in [2.75, 3.05) is 18.0 Å². The third-order valence-electron chi connectivity index (χ3n) is 3.73. The lowest BCUT2D eigenvalue weighted by Gasteiger charge is -2.20. The summed E-state index contributed by atoms with van der Waals surface area (Å²) in [4.78, 5) is 14.6. The van der Waals surface area contributed by atoms with Gasteiger partial charge in [-0.15, -0.1) is 0 Å². The van der Waals surface area contributed by atoms with Crippen molar-refractivity contribution in [3.63, 3.8) is 0 Å². The maximum Gasteiger partial charge on any atom is 0.203 e. The summed E-state index contributed by atoms with van der Waals surface area (Å²) in [7, 11) is 0. The second-order valence-corrected chi connectivity index (χ2v) is 5.13. The molecule has 0 fully saturated rings. The molecule has 0 unspecified atom stereocenters. The van der Waals surface area contributed by atoms with Crippen LogP contribution < -0.4 is 4.90 Å². The zero-order valence-electron chi connectivity index (χ0n) is 13.5. The fourth-order valence-electron chi connectivity index (χ4n) is 2.43. The van der Waals surface area contributed by atoms with E-state index in [0.29, 0.717) is 5.56 Å². The van der Waals surface area contributed by atoms with Gasteiger partial charge < -0.3 is 4.90 Å². The molecule has 3 heteroatoms. The molecule has 0 aliphatic heterocycles. The van der Waals surface area contributed by atoms with Crippen LogP contribution in [0.4, 0.5) is 5.69 Å². The Bertz CT molecular complexity index is 720. The third kappa shape index (κ3) is 4.08. The van der Waals surface area contributed by atoms with Crippen molar-refractivity contribution < 1.29 is 4.79 Å². The Morgan fingerprint density at radius 2 is 1.65 bits per heavy atom. The van der Waals surface area contributed by atoms with Crippen LogP contribution in [0.5, 0.6) is 0 Å². The van der Waals surface area contributed by atoms with Crippen LogP contribution >= 0.6 is 0 Å². The number of carbonyl (C=O) groups is 1. The van der Waals surface area contributed by atoms with Crippen LogP contribution in [0.15, 0.2) is 60.2 Å². The molecule has 2 aromatic rings. The van der Waals surface area contributed by atoms with E-state index in [9.17, 15) is 10.1 Å². The SMILES string of the molecule is CCN(CC)c1ccc(/C=C(\C#N)C(=O)c2ccccc2)cc1. The molecule has 0 amide bonds. The summed E-state index contributed by atoms with van der Waals surface area (Å²) in [6.45, 7) is 6.12. The normalized spacial score (nSPS) is 10.9. The van der Waals surface area contributed by atoms with Crippen LogP contribution in [0.2, 0.25) is 0 Å². The number of rotatable bonds is 6. The average molecular weight is 304 g/mol. The van der Waals surface area contributed by atoms with Crippen molar-refractivity contribution in [3.8, 4) is 6.07 Å². The molecule has 0 spiro atoms. The number of allylic oxidation sites excluding steroid dienone is 1. The predicted octanol–water partition coefficient (Wildman–Crippen LogP) is 4.32. The summed E-state index contributed by atoms with van der Waals surface area (Å²) in [5, 5.41) is 9.29. The Kier molecular flexibility index (Phi) is 5.71. The summed E-state index contributed by atoms with van der Waals surface area (Å²) in [6, 6.07) is 18.8. The molecule has 3 nitrogen and oxygen atoms in total. The highest BCUT2D eigenvalue weighted by Crippen LogP contribution is 2.18. The first kappa shape index (κ1) is 16.5. The maximum atomic E-state index is 12.3. The molecule has 116 valence electrons. The topological polar surface area (TPSA) is 44.1 Å². The average Bonchev–Trinajstić information content (AvgIpc) is 2.62. The number of Topliss-reactive ketones (excluding diaryl/α,β-unsaturated/α-hetero) is 1. The minimum absolute atomic E-state index is 0.145. The Labute approximate surface area is 137 Å². The standard InChI is InChI=1S/C20H20N2O/c1-3-22(4-2)19-12-10-16(11-13-19)14-18(15-21)20(23)17-8-6-5-7-9-17/h5-14H,3-4H2,1-2H3/b18-14+. The largest absolute Gasteiger partial charge is 0.372 e. The molecule has 0 N–H and O–H groups in total. The van der Waals surface area contributed by atoms with Crippen molar-refractivity contribution in [2.24, 2.45) is 0 Å². The second kappa shape index (κ2) is 7.95. The van der Waals surface area contributed by atoms with Gasteiger partial charge in [-0.25, -0.2) is 0 Å². The summed E-state index contributed by atoms with van der Waals surface area (Å²) < 4.78 is 0. The first-order valence-electron chi connectivity index (χ1n) is 7.76. The van der Waals surface area contributed by atoms with E-state index in [1.165, 1.54) is 0 Å². The van der Waals surface area contributed by atoms with Crippen molar-refractivity contribution >= 4 is 17.5 Å². The van der Waals surface area contributed by atoms with E-state index in [1.807, 2.05) is 36.4 Å². The van der Waals surface area contributed by atoms with Crippen LogP contribution in [-0.2, 0) is 0 Å². The highest BCUT2D eigenvalue weighted by Gasteiger charge is 2.11. The Morgan fingerprint density at radius 1 is 1.04 bits per heavy atom. The molecule has 2 aromatic carbocycles. The molecule has 0 saturated carbocycles. The molecule has 0 atom stereocenters. The first-order valence-corrected chi connectivity index (χ1v) is 7.76. The van der Waals surface area contributed by atoms with Crippen molar-refractivity contribution in [1.29, 1.82) is 5.26 Å². The Morgan fingerprint density at radius 3 is 2.17 bits per heavy atom. The maximum absolute atomic E-state index is 12.3. The third-order valence-corrected chi connectivity index (χ3v) is 3.73. The van der Waals surface area contributed by atoms with Gasteiger partial charge in [0.1, 0.15) is 11.6 Å². The quantitative estimate of drug-likeness (QED) is 0.453. The van der Waals surface area contributed by atoms with Gasteiger partial charge in [0.05, 0.1) is 0 Å². The summed E-state index contributed by atoms with van der Waals surface area (Å²) in [6.07, 6.45) is 1.64. The fourth-order valence-corrected chi connectivity index (χ4v) is 2.43.